The van der Waals surface area contributed by atoms with Crippen LogP contribution in [0.5, 0.6) is 0 Å². The van der Waals surface area contributed by atoms with Crippen molar-refractivity contribution in [1.29, 1.82) is 0 Å². The maximum atomic E-state index is 10.6. The average molecular weight is 283 g/mol. The molecule has 2 N–H and O–H groups in total. The van der Waals surface area contributed by atoms with Crippen LogP contribution in [0.25, 0.3) is 17.2 Å². The summed E-state index contributed by atoms with van der Waals surface area (Å²) in [4.78, 5) is 22.1. The molecule has 21 heavy (non-hydrogen) atoms. The van der Waals surface area contributed by atoms with E-state index in [4.69, 9.17) is 5.73 Å². The Kier molecular flexibility index (Phi) is 2.99. The molecule has 104 valence electrons. The zero-order chi connectivity index (χ0) is 14.8. The lowest BCUT2D eigenvalue weighted by Gasteiger charge is -1.99. The SMILES string of the molecule is Nc1cc(-n2cnc(-c3ccc([N+](=O)[O-])cc3)n2)ncn1. The molecule has 2 heterocycles. The summed E-state index contributed by atoms with van der Waals surface area (Å²) in [6.45, 7) is 0. The minimum Gasteiger partial charge on any atom is -0.384 e. The van der Waals surface area contributed by atoms with E-state index in [2.05, 4.69) is 20.1 Å². The standard InChI is InChI=1S/C12H9N7O2/c13-10-5-11(15-6-14-10)18-7-16-12(17-18)8-1-3-9(4-2-8)19(20)21/h1-7H,(H2,13,14,15). The summed E-state index contributed by atoms with van der Waals surface area (Å²) >= 11 is 0. The molecule has 0 unspecified atom stereocenters. The Morgan fingerprint density at radius 1 is 1.14 bits per heavy atom. The number of rotatable bonds is 3. The van der Waals surface area contributed by atoms with Gasteiger partial charge in [-0.25, -0.2) is 19.6 Å². The number of non-ortho nitro benzene ring substituents is 1. The van der Waals surface area contributed by atoms with E-state index in [1.807, 2.05) is 0 Å². The molecule has 0 aliphatic carbocycles. The van der Waals surface area contributed by atoms with Crippen molar-refractivity contribution in [2.75, 3.05) is 5.73 Å². The van der Waals surface area contributed by atoms with Gasteiger partial charge in [0.05, 0.1) is 4.92 Å². The quantitative estimate of drug-likeness (QED) is 0.565. The minimum absolute atomic E-state index is 0.0155. The van der Waals surface area contributed by atoms with Crippen molar-refractivity contribution in [3.05, 3.63) is 53.1 Å². The number of nitrogen functional groups attached to an aromatic ring is 1. The molecule has 3 aromatic rings. The van der Waals surface area contributed by atoms with Gasteiger partial charge in [-0.05, 0) is 12.1 Å². The molecule has 0 saturated carbocycles. The third kappa shape index (κ3) is 2.52. The first-order valence-corrected chi connectivity index (χ1v) is 5.88. The third-order valence-corrected chi connectivity index (χ3v) is 2.74. The van der Waals surface area contributed by atoms with Gasteiger partial charge in [0.25, 0.3) is 5.69 Å². The number of aromatic nitrogens is 5. The summed E-state index contributed by atoms with van der Waals surface area (Å²) in [7, 11) is 0. The van der Waals surface area contributed by atoms with Gasteiger partial charge in [0, 0.05) is 23.8 Å². The molecule has 0 bridgehead atoms. The fraction of sp³-hybridized carbons (Fsp3) is 0. The zero-order valence-electron chi connectivity index (χ0n) is 10.6. The highest BCUT2D eigenvalue weighted by Crippen LogP contribution is 2.19. The second-order valence-electron chi connectivity index (χ2n) is 4.12. The molecule has 0 aliphatic heterocycles. The first-order chi connectivity index (χ1) is 10.1. The predicted molar refractivity (Wildman–Crippen MR) is 73.5 cm³/mol. The number of hydrogen-bond acceptors (Lipinski definition) is 7. The number of hydrogen-bond donors (Lipinski definition) is 1. The lowest BCUT2D eigenvalue weighted by molar-refractivity contribution is -0.384. The van der Waals surface area contributed by atoms with Gasteiger partial charge in [-0.1, -0.05) is 0 Å². The Morgan fingerprint density at radius 2 is 1.90 bits per heavy atom. The van der Waals surface area contributed by atoms with Crippen LogP contribution in [0.2, 0.25) is 0 Å². The second kappa shape index (κ2) is 4.96. The van der Waals surface area contributed by atoms with Crippen LogP contribution in [0, 0.1) is 10.1 Å². The summed E-state index contributed by atoms with van der Waals surface area (Å²) in [6, 6.07) is 7.55. The van der Waals surface area contributed by atoms with Crippen molar-refractivity contribution in [3.8, 4) is 17.2 Å². The van der Waals surface area contributed by atoms with E-state index < -0.39 is 4.92 Å². The highest BCUT2D eigenvalue weighted by molar-refractivity contribution is 5.56. The maximum absolute atomic E-state index is 10.6. The highest BCUT2D eigenvalue weighted by atomic mass is 16.6. The van der Waals surface area contributed by atoms with Gasteiger partial charge in [0.1, 0.15) is 18.5 Å². The zero-order valence-corrected chi connectivity index (χ0v) is 10.6. The molecule has 0 fully saturated rings. The molecule has 0 spiro atoms. The fourth-order valence-corrected chi connectivity index (χ4v) is 1.72. The molecule has 3 rings (SSSR count). The average Bonchev–Trinajstić information content (AvgIpc) is 2.97. The molecule has 0 aliphatic rings. The number of nitrogens with two attached hydrogens (primary N) is 1. The molecule has 0 atom stereocenters. The van der Waals surface area contributed by atoms with Crippen molar-refractivity contribution in [2.24, 2.45) is 0 Å². The number of nitro benzene ring substituents is 1. The molecule has 2 aromatic heterocycles. The topological polar surface area (TPSA) is 126 Å². The number of anilines is 1. The van der Waals surface area contributed by atoms with Crippen LogP contribution in [-0.4, -0.2) is 29.7 Å². The van der Waals surface area contributed by atoms with Gasteiger partial charge >= 0.3 is 0 Å². The van der Waals surface area contributed by atoms with Crippen LogP contribution in [0.1, 0.15) is 0 Å². The van der Waals surface area contributed by atoms with Gasteiger partial charge in [-0.2, -0.15) is 0 Å². The van der Waals surface area contributed by atoms with Crippen LogP contribution in [-0.2, 0) is 0 Å². The monoisotopic (exact) mass is 283 g/mol. The van der Waals surface area contributed by atoms with Crippen molar-refractivity contribution < 1.29 is 4.92 Å². The van der Waals surface area contributed by atoms with Gasteiger partial charge in [-0.15, -0.1) is 5.10 Å². The molecule has 9 nitrogen and oxygen atoms in total. The van der Waals surface area contributed by atoms with E-state index in [-0.39, 0.29) is 5.69 Å². The summed E-state index contributed by atoms with van der Waals surface area (Å²) < 4.78 is 1.45. The van der Waals surface area contributed by atoms with Gasteiger partial charge in [-0.3, -0.25) is 10.1 Å². The molecular weight excluding hydrogens is 274 g/mol. The highest BCUT2D eigenvalue weighted by Gasteiger charge is 2.09. The van der Waals surface area contributed by atoms with Gasteiger partial charge < -0.3 is 5.73 Å². The van der Waals surface area contributed by atoms with Crippen LogP contribution in [0.4, 0.5) is 11.5 Å². The molecule has 9 heteroatoms. The fourth-order valence-electron chi connectivity index (χ4n) is 1.72. The molecule has 0 amide bonds. The van der Waals surface area contributed by atoms with Gasteiger partial charge in [0.15, 0.2) is 11.6 Å². The summed E-state index contributed by atoms with van der Waals surface area (Å²) in [5.74, 6) is 1.25. The summed E-state index contributed by atoms with van der Waals surface area (Å²) in [6.07, 6.45) is 2.82. The van der Waals surface area contributed by atoms with Crippen molar-refractivity contribution in [3.63, 3.8) is 0 Å². The van der Waals surface area contributed by atoms with E-state index >= 15 is 0 Å². The van der Waals surface area contributed by atoms with Crippen LogP contribution in [0.15, 0.2) is 43.0 Å². The van der Waals surface area contributed by atoms with E-state index in [0.717, 1.165) is 0 Å². The first-order valence-electron chi connectivity index (χ1n) is 5.88. The smallest absolute Gasteiger partial charge is 0.269 e. The van der Waals surface area contributed by atoms with E-state index in [0.29, 0.717) is 23.0 Å². The van der Waals surface area contributed by atoms with E-state index in [9.17, 15) is 10.1 Å². The Balaban J connectivity index is 1.93. The van der Waals surface area contributed by atoms with Crippen LogP contribution in [0.3, 0.4) is 0 Å². The second-order valence-corrected chi connectivity index (χ2v) is 4.12. The molecule has 1 aromatic carbocycles. The Morgan fingerprint density at radius 3 is 2.57 bits per heavy atom. The lowest BCUT2D eigenvalue weighted by Crippen LogP contribution is -2.01. The van der Waals surface area contributed by atoms with Gasteiger partial charge in [0.2, 0.25) is 0 Å². The molecule has 0 saturated heterocycles. The molecular formula is C12H9N7O2. The van der Waals surface area contributed by atoms with Crippen molar-refractivity contribution in [1.82, 2.24) is 24.7 Å². The normalized spacial score (nSPS) is 10.5. The van der Waals surface area contributed by atoms with Crippen LogP contribution >= 0.6 is 0 Å². The largest absolute Gasteiger partial charge is 0.384 e. The number of nitrogens with zero attached hydrogens (tertiary/aromatic N) is 6. The van der Waals surface area contributed by atoms with Crippen LogP contribution < -0.4 is 5.73 Å². The minimum atomic E-state index is -0.459. The first kappa shape index (κ1) is 12.7. The van der Waals surface area contributed by atoms with E-state index in [1.54, 1.807) is 18.2 Å². The summed E-state index contributed by atoms with van der Waals surface area (Å²) in [5.41, 5.74) is 6.27. The Hall–Kier alpha value is -3.36. The Bertz CT molecular complexity index is 797. The predicted octanol–water partition coefficient (Wildman–Crippen LogP) is 1.21. The van der Waals surface area contributed by atoms with E-state index in [1.165, 1.54) is 29.5 Å². The summed E-state index contributed by atoms with van der Waals surface area (Å²) in [5, 5.41) is 14.9. The third-order valence-electron chi connectivity index (χ3n) is 2.74. The lowest BCUT2D eigenvalue weighted by atomic mass is 10.2. The molecule has 0 radical (unpaired) electrons. The Labute approximate surface area is 118 Å². The van der Waals surface area contributed by atoms with Crippen molar-refractivity contribution >= 4 is 11.5 Å². The van der Waals surface area contributed by atoms with Crippen molar-refractivity contribution in [2.45, 2.75) is 0 Å². The maximum Gasteiger partial charge on any atom is 0.269 e. The number of benzene rings is 1. The number of nitro groups is 1.